The minimum atomic E-state index is -0.861. The van der Waals surface area contributed by atoms with Crippen molar-refractivity contribution < 1.29 is 14.3 Å². The van der Waals surface area contributed by atoms with Crippen molar-refractivity contribution in [3.63, 3.8) is 0 Å². The lowest BCUT2D eigenvalue weighted by Gasteiger charge is -2.37. The molecule has 3 aromatic carbocycles. The maximum absolute atomic E-state index is 12.4. The van der Waals surface area contributed by atoms with Gasteiger partial charge in [0.2, 0.25) is 0 Å². The molecule has 0 aliphatic heterocycles. The molecule has 0 aromatic heterocycles. The van der Waals surface area contributed by atoms with Gasteiger partial charge >= 0.3 is 6.09 Å². The lowest BCUT2D eigenvalue weighted by atomic mass is 9.80. The zero-order chi connectivity index (χ0) is 34.1. The first kappa shape index (κ1) is 39.3. The Bertz CT molecular complexity index is 1110. The maximum Gasteiger partial charge on any atom is 0.407 e. The van der Waals surface area contributed by atoms with E-state index < -0.39 is 17.8 Å². The largest absolute Gasteiger partial charge is 0.442 e. The van der Waals surface area contributed by atoms with E-state index in [1.165, 1.54) is 96.3 Å². The summed E-state index contributed by atoms with van der Waals surface area (Å²) in [6, 6.07) is 31.0. The first-order valence-corrected chi connectivity index (χ1v) is 19.0. The topological polar surface area (TPSA) is 50.8 Å². The van der Waals surface area contributed by atoms with Crippen LogP contribution in [0.3, 0.4) is 0 Å². The van der Waals surface area contributed by atoms with Gasteiger partial charge in [0.1, 0.15) is 11.7 Å². The fraction of sp³-hybridized carbons (Fsp3) is 0.558. The molecule has 0 spiro atoms. The van der Waals surface area contributed by atoms with Crippen molar-refractivity contribution in [3.05, 3.63) is 108 Å². The number of carbonyl (C=O) groups excluding carboxylic acids is 1. The molecule has 5 nitrogen and oxygen atoms in total. The number of nitrogens with one attached hydrogen (secondary N) is 1. The van der Waals surface area contributed by atoms with Gasteiger partial charge in [0.15, 0.2) is 0 Å². The van der Waals surface area contributed by atoms with Crippen LogP contribution in [0.15, 0.2) is 91.0 Å². The van der Waals surface area contributed by atoms with Crippen LogP contribution in [0.2, 0.25) is 0 Å². The van der Waals surface area contributed by atoms with Crippen molar-refractivity contribution in [3.8, 4) is 0 Å². The van der Waals surface area contributed by atoms with Gasteiger partial charge in [-0.3, -0.25) is 0 Å². The second kappa shape index (κ2) is 24.1. The summed E-state index contributed by atoms with van der Waals surface area (Å²) in [4.78, 5) is 14.7. The van der Waals surface area contributed by atoms with E-state index in [0.29, 0.717) is 6.54 Å². The number of alkyl carbamates (subject to hydrolysis) is 1. The molecule has 264 valence electrons. The number of likely N-dealkylation sites (N-methyl/N-ethyl adjacent to an activating group) is 1. The molecular weight excluding hydrogens is 592 g/mol. The van der Waals surface area contributed by atoms with Gasteiger partial charge in [-0.15, -0.1) is 0 Å². The van der Waals surface area contributed by atoms with Crippen LogP contribution >= 0.6 is 0 Å². The lowest BCUT2D eigenvalue weighted by molar-refractivity contribution is -0.0494. The van der Waals surface area contributed by atoms with Crippen LogP contribution in [-0.4, -0.2) is 50.9 Å². The molecule has 0 aliphatic carbocycles. The summed E-state index contributed by atoms with van der Waals surface area (Å²) < 4.78 is 12.9. The van der Waals surface area contributed by atoms with Crippen LogP contribution in [0.4, 0.5) is 4.79 Å². The molecule has 0 aliphatic rings. The SMILES string of the molecule is CCCCCCCCCCCCCCCCCCN(C)CC(COC(c1ccccc1)(c1ccccc1)c1ccccc1)OC(=O)NC. The van der Waals surface area contributed by atoms with E-state index in [0.717, 1.165) is 29.7 Å². The number of nitrogens with zero attached hydrogens (tertiary/aromatic N) is 1. The first-order valence-electron chi connectivity index (χ1n) is 19.0. The number of hydrogen-bond acceptors (Lipinski definition) is 4. The fourth-order valence-electron chi connectivity index (χ4n) is 6.69. The van der Waals surface area contributed by atoms with Crippen molar-refractivity contribution in [2.45, 2.75) is 121 Å². The van der Waals surface area contributed by atoms with Gasteiger partial charge in [-0.1, -0.05) is 194 Å². The minimum absolute atomic E-state index is 0.245. The molecule has 0 radical (unpaired) electrons. The summed E-state index contributed by atoms with van der Waals surface area (Å²) in [5.41, 5.74) is 2.23. The van der Waals surface area contributed by atoms with E-state index in [1.807, 2.05) is 54.6 Å². The van der Waals surface area contributed by atoms with Crippen LogP contribution < -0.4 is 5.32 Å². The van der Waals surface area contributed by atoms with Crippen molar-refractivity contribution in [2.75, 3.05) is 33.8 Å². The van der Waals surface area contributed by atoms with Crippen LogP contribution in [0.1, 0.15) is 126 Å². The molecule has 1 N–H and O–H groups in total. The van der Waals surface area contributed by atoms with E-state index in [1.54, 1.807) is 7.05 Å². The number of unbranched alkanes of at least 4 members (excludes halogenated alkanes) is 15. The molecule has 0 bridgehead atoms. The predicted octanol–water partition coefficient (Wildman–Crippen LogP) is 10.9. The highest BCUT2D eigenvalue weighted by atomic mass is 16.6. The zero-order valence-corrected chi connectivity index (χ0v) is 30.3. The average Bonchev–Trinajstić information content (AvgIpc) is 3.13. The lowest BCUT2D eigenvalue weighted by Crippen LogP contribution is -2.42. The fourth-order valence-corrected chi connectivity index (χ4v) is 6.69. The second-order valence-corrected chi connectivity index (χ2v) is 13.4. The van der Waals surface area contributed by atoms with Gasteiger partial charge in [0.05, 0.1) is 6.61 Å². The third kappa shape index (κ3) is 14.1. The molecule has 0 heterocycles. The zero-order valence-electron chi connectivity index (χ0n) is 30.3. The van der Waals surface area contributed by atoms with E-state index in [9.17, 15) is 4.79 Å². The summed E-state index contributed by atoms with van der Waals surface area (Å²) in [6.45, 7) is 4.10. The Labute approximate surface area is 292 Å². The van der Waals surface area contributed by atoms with Gasteiger partial charge in [0.25, 0.3) is 0 Å². The van der Waals surface area contributed by atoms with Gasteiger partial charge < -0.3 is 19.7 Å². The Morgan fingerprint density at radius 2 is 1.00 bits per heavy atom. The van der Waals surface area contributed by atoms with Gasteiger partial charge in [0, 0.05) is 13.6 Å². The van der Waals surface area contributed by atoms with Crippen LogP contribution in [-0.2, 0) is 15.1 Å². The highest BCUT2D eigenvalue weighted by molar-refractivity contribution is 5.66. The molecule has 0 saturated heterocycles. The van der Waals surface area contributed by atoms with Crippen molar-refractivity contribution >= 4 is 6.09 Å². The summed E-state index contributed by atoms with van der Waals surface area (Å²) >= 11 is 0. The number of amides is 1. The third-order valence-electron chi connectivity index (χ3n) is 9.41. The molecule has 0 saturated carbocycles. The van der Waals surface area contributed by atoms with Crippen molar-refractivity contribution in [1.29, 1.82) is 0 Å². The predicted molar refractivity (Wildman–Crippen MR) is 202 cm³/mol. The van der Waals surface area contributed by atoms with Crippen LogP contribution in [0, 0.1) is 0 Å². The molecule has 3 aromatic rings. The van der Waals surface area contributed by atoms with Gasteiger partial charge in [-0.25, -0.2) is 4.79 Å². The van der Waals surface area contributed by atoms with Crippen LogP contribution in [0.5, 0.6) is 0 Å². The summed E-state index contributed by atoms with van der Waals surface area (Å²) in [5, 5.41) is 2.63. The minimum Gasteiger partial charge on any atom is -0.442 e. The highest BCUT2D eigenvalue weighted by Crippen LogP contribution is 2.40. The number of rotatable bonds is 26. The highest BCUT2D eigenvalue weighted by Gasteiger charge is 2.38. The van der Waals surface area contributed by atoms with Crippen molar-refractivity contribution in [1.82, 2.24) is 10.2 Å². The van der Waals surface area contributed by atoms with Crippen LogP contribution in [0.25, 0.3) is 0 Å². The quantitative estimate of drug-likeness (QED) is 0.0690. The Kier molecular flexibility index (Phi) is 19.7. The van der Waals surface area contributed by atoms with E-state index in [4.69, 9.17) is 9.47 Å². The summed E-state index contributed by atoms with van der Waals surface area (Å²) in [7, 11) is 3.72. The number of benzene rings is 3. The second-order valence-electron chi connectivity index (χ2n) is 13.4. The molecular formula is C43H64N2O3. The number of carbonyl (C=O) groups is 1. The van der Waals surface area contributed by atoms with Gasteiger partial charge in [-0.2, -0.15) is 0 Å². The standard InChI is InChI=1S/C43H64N2O3/c1-4-5-6-7-8-9-10-11-12-13-14-15-16-17-18-28-35-45(3)36-41(48-42(46)44-2)37-47-43(38-29-22-19-23-30-38,39-31-24-20-25-32-39)40-33-26-21-27-34-40/h19-27,29-34,41H,4-18,28,35-37H2,1-3H3,(H,44,46). The molecule has 0 fully saturated rings. The van der Waals surface area contributed by atoms with E-state index >= 15 is 0 Å². The molecule has 48 heavy (non-hydrogen) atoms. The smallest absolute Gasteiger partial charge is 0.407 e. The normalized spacial score (nSPS) is 12.2. The maximum atomic E-state index is 12.4. The number of ether oxygens (including phenoxy) is 2. The monoisotopic (exact) mass is 656 g/mol. The number of hydrogen-bond donors (Lipinski definition) is 1. The molecule has 3 rings (SSSR count). The van der Waals surface area contributed by atoms with E-state index in [-0.39, 0.29) is 6.61 Å². The van der Waals surface area contributed by atoms with Gasteiger partial charge in [-0.05, 0) is 36.7 Å². The molecule has 1 unspecified atom stereocenters. The Morgan fingerprint density at radius 1 is 0.625 bits per heavy atom. The molecule has 1 atom stereocenters. The molecule has 5 heteroatoms. The molecule has 1 amide bonds. The van der Waals surface area contributed by atoms with Crippen molar-refractivity contribution in [2.24, 2.45) is 0 Å². The van der Waals surface area contributed by atoms with E-state index in [2.05, 4.69) is 60.6 Å². The Balaban J connectivity index is 1.47. The summed E-state index contributed by atoms with van der Waals surface area (Å²) in [6.07, 6.45) is 21.0. The Hall–Kier alpha value is -3.15. The Morgan fingerprint density at radius 3 is 1.38 bits per heavy atom. The first-order chi connectivity index (χ1) is 23.6. The summed E-state index contributed by atoms with van der Waals surface area (Å²) in [5.74, 6) is 0. The average molecular weight is 657 g/mol. The third-order valence-corrected chi connectivity index (χ3v) is 9.41.